The van der Waals surface area contributed by atoms with Crippen molar-refractivity contribution in [3.63, 3.8) is 0 Å². The predicted molar refractivity (Wildman–Crippen MR) is 87.3 cm³/mol. The first-order chi connectivity index (χ1) is 10.0. The summed E-state index contributed by atoms with van der Waals surface area (Å²) in [5.74, 6) is 0.306. The van der Waals surface area contributed by atoms with Crippen LogP contribution in [0.2, 0.25) is 0 Å². The number of carbonyl (C=O) groups is 1. The lowest BCUT2D eigenvalue weighted by Crippen LogP contribution is -2.17. The molecule has 0 aromatic carbocycles. The molecule has 4 nitrogen and oxygen atoms in total. The van der Waals surface area contributed by atoms with Gasteiger partial charge < -0.3 is 4.90 Å². The number of hydrogen-bond donors (Lipinski definition) is 0. The fourth-order valence-corrected chi connectivity index (χ4v) is 3.08. The van der Waals surface area contributed by atoms with Gasteiger partial charge in [-0.2, -0.15) is 0 Å². The Labute approximate surface area is 129 Å². The Balaban J connectivity index is 2.21. The maximum atomic E-state index is 11.2. The topological polar surface area (TPSA) is 46.1 Å². The number of rotatable bonds is 6. The molecule has 0 spiro atoms. The largest absolute Gasteiger partial charge is 0.345 e. The second kappa shape index (κ2) is 6.80. The summed E-state index contributed by atoms with van der Waals surface area (Å²) in [5.41, 5.74) is 2.93. The van der Waals surface area contributed by atoms with Gasteiger partial charge >= 0.3 is 0 Å². The van der Waals surface area contributed by atoms with E-state index >= 15 is 0 Å². The zero-order valence-electron chi connectivity index (χ0n) is 13.0. The molecule has 2 aromatic rings. The van der Waals surface area contributed by atoms with E-state index in [0.29, 0.717) is 12.5 Å². The van der Waals surface area contributed by atoms with E-state index in [2.05, 4.69) is 23.8 Å². The Hall–Kier alpha value is -1.75. The first kappa shape index (κ1) is 15.6. The van der Waals surface area contributed by atoms with E-state index in [-0.39, 0.29) is 0 Å². The van der Waals surface area contributed by atoms with Crippen molar-refractivity contribution in [1.29, 1.82) is 0 Å². The summed E-state index contributed by atoms with van der Waals surface area (Å²) in [6, 6.07) is 6.00. The summed E-state index contributed by atoms with van der Waals surface area (Å²) >= 11 is 1.45. The molecule has 2 rings (SSSR count). The summed E-state index contributed by atoms with van der Waals surface area (Å²) in [7, 11) is 1.98. The summed E-state index contributed by atoms with van der Waals surface area (Å²) in [4.78, 5) is 23.2. The Bertz CT molecular complexity index is 624. The monoisotopic (exact) mass is 303 g/mol. The number of aryl methyl sites for hydroxylation is 1. The molecule has 5 heteroatoms. The standard InChI is InChI=1S/C16H21N3OS/c1-5-11(2)15-14(10-20)21-16(18-15)19(4)9-13-8-6-7-12(3)17-13/h6-8,10-11H,5,9H2,1-4H3. The summed E-state index contributed by atoms with van der Waals surface area (Å²) in [6.07, 6.45) is 1.90. The molecule has 2 heterocycles. The molecule has 2 aromatic heterocycles. The number of nitrogens with zero attached hydrogens (tertiary/aromatic N) is 3. The van der Waals surface area contributed by atoms with Gasteiger partial charge in [0.1, 0.15) is 0 Å². The number of aromatic nitrogens is 2. The van der Waals surface area contributed by atoms with Gasteiger partial charge in [-0.05, 0) is 31.4 Å². The third kappa shape index (κ3) is 3.67. The third-order valence-electron chi connectivity index (χ3n) is 3.53. The van der Waals surface area contributed by atoms with Crippen molar-refractivity contribution < 1.29 is 4.79 Å². The smallest absolute Gasteiger partial charge is 0.186 e. The van der Waals surface area contributed by atoms with Gasteiger partial charge in [0.05, 0.1) is 22.8 Å². The van der Waals surface area contributed by atoms with E-state index in [1.54, 1.807) is 0 Å². The second-order valence-electron chi connectivity index (χ2n) is 5.30. The quantitative estimate of drug-likeness (QED) is 0.761. The van der Waals surface area contributed by atoms with Gasteiger partial charge in [0, 0.05) is 12.7 Å². The van der Waals surface area contributed by atoms with Crippen LogP contribution in [0.1, 0.15) is 52.9 Å². The van der Waals surface area contributed by atoms with Crippen molar-refractivity contribution in [3.05, 3.63) is 40.2 Å². The molecular weight excluding hydrogens is 282 g/mol. The van der Waals surface area contributed by atoms with Crippen molar-refractivity contribution in [2.24, 2.45) is 0 Å². The van der Waals surface area contributed by atoms with E-state index in [0.717, 1.165) is 39.8 Å². The van der Waals surface area contributed by atoms with Crippen LogP contribution in [0.25, 0.3) is 0 Å². The van der Waals surface area contributed by atoms with Crippen LogP contribution >= 0.6 is 11.3 Å². The van der Waals surface area contributed by atoms with Gasteiger partial charge in [-0.25, -0.2) is 4.98 Å². The summed E-state index contributed by atoms with van der Waals surface area (Å²) in [6.45, 7) is 6.89. The zero-order chi connectivity index (χ0) is 15.4. The van der Waals surface area contributed by atoms with Crippen molar-refractivity contribution in [2.45, 2.75) is 39.7 Å². The minimum Gasteiger partial charge on any atom is -0.345 e. The zero-order valence-corrected chi connectivity index (χ0v) is 13.8. The van der Waals surface area contributed by atoms with Crippen LogP contribution in [0.15, 0.2) is 18.2 Å². The van der Waals surface area contributed by atoms with E-state index < -0.39 is 0 Å². The van der Waals surface area contributed by atoms with Gasteiger partial charge in [-0.15, -0.1) is 0 Å². The highest BCUT2D eigenvalue weighted by Gasteiger charge is 2.17. The van der Waals surface area contributed by atoms with Crippen LogP contribution < -0.4 is 4.90 Å². The Morgan fingerprint density at radius 2 is 2.14 bits per heavy atom. The van der Waals surface area contributed by atoms with Crippen LogP contribution in [0.5, 0.6) is 0 Å². The molecule has 0 N–H and O–H groups in total. The Morgan fingerprint density at radius 1 is 1.38 bits per heavy atom. The molecule has 0 radical (unpaired) electrons. The average Bonchev–Trinajstić information content (AvgIpc) is 2.90. The minimum atomic E-state index is 0.306. The molecule has 1 atom stereocenters. The molecule has 0 aliphatic carbocycles. The summed E-state index contributed by atoms with van der Waals surface area (Å²) < 4.78 is 0. The Morgan fingerprint density at radius 3 is 2.76 bits per heavy atom. The third-order valence-corrected chi connectivity index (χ3v) is 4.64. The van der Waals surface area contributed by atoms with E-state index in [4.69, 9.17) is 0 Å². The Kier molecular flexibility index (Phi) is 5.07. The molecule has 112 valence electrons. The molecule has 0 bridgehead atoms. The summed E-state index contributed by atoms with van der Waals surface area (Å²) in [5, 5.41) is 0.871. The molecule has 0 fully saturated rings. The van der Waals surface area contributed by atoms with Crippen LogP contribution in [0, 0.1) is 6.92 Å². The number of pyridine rings is 1. The van der Waals surface area contributed by atoms with Gasteiger partial charge in [0.25, 0.3) is 0 Å². The molecule has 0 aliphatic heterocycles. The molecule has 0 saturated carbocycles. The van der Waals surface area contributed by atoms with Crippen LogP contribution in [-0.4, -0.2) is 23.3 Å². The van der Waals surface area contributed by atoms with E-state index in [1.807, 2.05) is 37.1 Å². The SMILES string of the molecule is CCC(C)c1nc(N(C)Cc2cccc(C)n2)sc1C=O. The highest BCUT2D eigenvalue weighted by atomic mass is 32.1. The number of anilines is 1. The highest BCUT2D eigenvalue weighted by molar-refractivity contribution is 7.17. The van der Waals surface area contributed by atoms with Crippen LogP contribution in [-0.2, 0) is 6.54 Å². The predicted octanol–water partition coefficient (Wildman–Crippen LogP) is 3.81. The highest BCUT2D eigenvalue weighted by Crippen LogP contribution is 2.31. The van der Waals surface area contributed by atoms with E-state index in [1.165, 1.54) is 11.3 Å². The van der Waals surface area contributed by atoms with Gasteiger partial charge in [-0.3, -0.25) is 9.78 Å². The lowest BCUT2D eigenvalue weighted by molar-refractivity contribution is 0.112. The lowest BCUT2D eigenvalue weighted by atomic mass is 10.0. The minimum absolute atomic E-state index is 0.306. The van der Waals surface area contributed by atoms with Gasteiger partial charge in [-0.1, -0.05) is 31.3 Å². The molecule has 0 saturated heterocycles. The lowest BCUT2D eigenvalue weighted by Gasteiger charge is -2.15. The first-order valence-electron chi connectivity index (χ1n) is 7.14. The van der Waals surface area contributed by atoms with Crippen molar-refractivity contribution in [1.82, 2.24) is 9.97 Å². The molecule has 21 heavy (non-hydrogen) atoms. The van der Waals surface area contributed by atoms with Crippen LogP contribution in [0.4, 0.5) is 5.13 Å². The first-order valence-corrected chi connectivity index (χ1v) is 7.96. The number of carbonyl (C=O) groups excluding carboxylic acids is 1. The average molecular weight is 303 g/mol. The molecular formula is C16H21N3OS. The van der Waals surface area contributed by atoms with Crippen molar-refractivity contribution >= 4 is 22.8 Å². The molecule has 0 amide bonds. The second-order valence-corrected chi connectivity index (χ2v) is 6.31. The number of hydrogen-bond acceptors (Lipinski definition) is 5. The fourth-order valence-electron chi connectivity index (χ4n) is 2.12. The molecule has 1 unspecified atom stereocenters. The van der Waals surface area contributed by atoms with Crippen molar-refractivity contribution in [3.8, 4) is 0 Å². The maximum absolute atomic E-state index is 11.2. The van der Waals surface area contributed by atoms with E-state index in [9.17, 15) is 4.79 Å². The van der Waals surface area contributed by atoms with Crippen LogP contribution in [0.3, 0.4) is 0 Å². The normalized spacial score (nSPS) is 12.2. The number of aldehydes is 1. The fraction of sp³-hybridized carbons (Fsp3) is 0.438. The maximum Gasteiger partial charge on any atom is 0.186 e. The van der Waals surface area contributed by atoms with Gasteiger partial charge in [0.15, 0.2) is 11.4 Å². The van der Waals surface area contributed by atoms with Gasteiger partial charge in [0.2, 0.25) is 0 Å². The molecule has 0 aliphatic rings. The van der Waals surface area contributed by atoms with Crippen molar-refractivity contribution in [2.75, 3.05) is 11.9 Å². The number of thiazole rings is 1.